The second-order valence-electron chi connectivity index (χ2n) is 4.73. The van der Waals surface area contributed by atoms with Crippen molar-refractivity contribution in [2.75, 3.05) is 6.61 Å². The Morgan fingerprint density at radius 2 is 1.68 bits per heavy atom. The van der Waals surface area contributed by atoms with Crippen LogP contribution < -0.4 is 0 Å². The van der Waals surface area contributed by atoms with Crippen molar-refractivity contribution in [3.63, 3.8) is 0 Å². The zero-order valence-electron chi connectivity index (χ0n) is 11.2. The van der Waals surface area contributed by atoms with Crippen LogP contribution in [0.3, 0.4) is 0 Å². The van der Waals surface area contributed by atoms with Crippen LogP contribution in [0.5, 0.6) is 0 Å². The van der Waals surface area contributed by atoms with Gasteiger partial charge in [-0.1, -0.05) is 0 Å². The summed E-state index contributed by atoms with van der Waals surface area (Å²) in [5, 5.41) is 51.1. The van der Waals surface area contributed by atoms with Gasteiger partial charge in [0.05, 0.1) is 6.61 Å². The summed E-state index contributed by atoms with van der Waals surface area (Å²) in [7, 11) is 0. The lowest BCUT2D eigenvalue weighted by Gasteiger charge is -2.24. The smallest absolute Gasteiger partial charge is 0.182 e. The van der Waals surface area contributed by atoms with Crippen molar-refractivity contribution in [1.82, 2.24) is 14.8 Å². The third-order valence-electron chi connectivity index (χ3n) is 2.83. The van der Waals surface area contributed by atoms with Crippen molar-refractivity contribution in [2.24, 2.45) is 0 Å². The minimum atomic E-state index is -1.69. The van der Waals surface area contributed by atoms with Crippen LogP contribution >= 0.6 is 0 Å². The second kappa shape index (κ2) is 6.40. The molecule has 110 valence electrons. The highest BCUT2D eigenvalue weighted by Gasteiger charge is 2.33. The Morgan fingerprint density at radius 3 is 2.11 bits per heavy atom. The molecular formula is C11H21N3O5. The average Bonchev–Trinajstić information content (AvgIpc) is 2.77. The van der Waals surface area contributed by atoms with E-state index in [2.05, 4.69) is 10.1 Å². The molecule has 0 amide bonds. The maximum absolute atomic E-state index is 9.88. The Balaban J connectivity index is 2.88. The Labute approximate surface area is 111 Å². The fraction of sp³-hybridized carbons (Fsp3) is 0.818. The fourth-order valence-electron chi connectivity index (χ4n) is 1.71. The van der Waals surface area contributed by atoms with Crippen molar-refractivity contribution in [2.45, 2.75) is 51.2 Å². The van der Waals surface area contributed by atoms with Crippen molar-refractivity contribution in [1.29, 1.82) is 0 Å². The van der Waals surface area contributed by atoms with Gasteiger partial charge in [-0.05, 0) is 20.8 Å². The summed E-state index contributed by atoms with van der Waals surface area (Å²) in [5.74, 6) is 0.524. The first-order valence-corrected chi connectivity index (χ1v) is 6.05. The molecule has 8 nitrogen and oxygen atoms in total. The molecule has 8 heteroatoms. The van der Waals surface area contributed by atoms with Crippen LogP contribution in [0.15, 0.2) is 0 Å². The summed E-state index contributed by atoms with van der Waals surface area (Å²) in [6.45, 7) is 4.75. The van der Waals surface area contributed by atoms with E-state index in [9.17, 15) is 20.4 Å². The normalized spacial score (nSPS) is 18.4. The molecule has 0 spiro atoms. The third-order valence-corrected chi connectivity index (χ3v) is 2.83. The topological polar surface area (TPSA) is 132 Å². The van der Waals surface area contributed by atoms with Gasteiger partial charge < -0.3 is 25.5 Å². The average molecular weight is 275 g/mol. The first kappa shape index (κ1) is 16.0. The predicted molar refractivity (Wildman–Crippen MR) is 65.2 cm³/mol. The molecule has 0 aliphatic heterocycles. The SMILES string of the molecule is Cc1nc(C(O)[C@@H](O)[C@H](O)[C@H](O)CO)nn1C(C)C. The van der Waals surface area contributed by atoms with Crippen molar-refractivity contribution in [3.05, 3.63) is 11.6 Å². The first-order chi connectivity index (χ1) is 8.79. The summed E-state index contributed by atoms with van der Waals surface area (Å²) in [4.78, 5) is 4.01. The lowest BCUT2D eigenvalue weighted by molar-refractivity contribution is -0.118. The number of aryl methyl sites for hydroxylation is 1. The summed E-state index contributed by atoms with van der Waals surface area (Å²) < 4.78 is 1.57. The molecule has 5 N–H and O–H groups in total. The molecule has 0 bridgehead atoms. The Morgan fingerprint density at radius 1 is 1.11 bits per heavy atom. The maximum atomic E-state index is 9.88. The molecule has 1 rings (SSSR count). The predicted octanol–water partition coefficient (Wildman–Crippen LogP) is -1.72. The highest BCUT2D eigenvalue weighted by Crippen LogP contribution is 2.19. The molecule has 1 aromatic heterocycles. The van der Waals surface area contributed by atoms with E-state index in [1.807, 2.05) is 13.8 Å². The number of rotatable bonds is 6. The van der Waals surface area contributed by atoms with E-state index in [1.165, 1.54) is 0 Å². The van der Waals surface area contributed by atoms with Crippen LogP contribution in [0.4, 0.5) is 0 Å². The van der Waals surface area contributed by atoms with Gasteiger partial charge in [0.2, 0.25) is 0 Å². The van der Waals surface area contributed by atoms with Gasteiger partial charge in [-0.2, -0.15) is 5.10 Å². The Kier molecular flexibility index (Phi) is 5.39. The quantitative estimate of drug-likeness (QED) is 0.417. The summed E-state index contributed by atoms with van der Waals surface area (Å²) in [5.41, 5.74) is 0. The minimum Gasteiger partial charge on any atom is -0.394 e. The van der Waals surface area contributed by atoms with Gasteiger partial charge in [0.15, 0.2) is 5.82 Å². The molecule has 1 aromatic rings. The molecule has 0 saturated heterocycles. The monoisotopic (exact) mass is 275 g/mol. The van der Waals surface area contributed by atoms with E-state index in [-0.39, 0.29) is 11.9 Å². The molecule has 0 aliphatic carbocycles. The molecule has 1 unspecified atom stereocenters. The maximum Gasteiger partial charge on any atom is 0.182 e. The highest BCUT2D eigenvalue weighted by atomic mass is 16.4. The zero-order chi connectivity index (χ0) is 14.7. The van der Waals surface area contributed by atoms with E-state index in [0.29, 0.717) is 5.82 Å². The Hall–Kier alpha value is -1.06. The fourth-order valence-corrected chi connectivity index (χ4v) is 1.71. The van der Waals surface area contributed by atoms with E-state index in [1.54, 1.807) is 11.6 Å². The number of hydrogen-bond donors (Lipinski definition) is 5. The summed E-state index contributed by atoms with van der Waals surface area (Å²) in [6, 6.07) is 0.0403. The first-order valence-electron chi connectivity index (χ1n) is 6.05. The molecule has 0 saturated carbocycles. The summed E-state index contributed by atoms with van der Waals surface area (Å²) in [6.07, 6.45) is -6.47. The molecular weight excluding hydrogens is 254 g/mol. The molecule has 0 aliphatic rings. The zero-order valence-corrected chi connectivity index (χ0v) is 11.2. The minimum absolute atomic E-state index is 0.0390. The van der Waals surface area contributed by atoms with E-state index >= 15 is 0 Å². The van der Waals surface area contributed by atoms with Gasteiger partial charge in [-0.3, -0.25) is 0 Å². The van der Waals surface area contributed by atoms with Gasteiger partial charge in [-0.15, -0.1) is 0 Å². The summed E-state index contributed by atoms with van der Waals surface area (Å²) >= 11 is 0. The molecule has 0 aromatic carbocycles. The van der Waals surface area contributed by atoms with Crippen molar-refractivity contribution in [3.8, 4) is 0 Å². The van der Waals surface area contributed by atoms with Crippen LogP contribution in [-0.4, -0.2) is 65.2 Å². The molecule has 0 fully saturated rings. The molecule has 19 heavy (non-hydrogen) atoms. The number of hydrogen-bond acceptors (Lipinski definition) is 7. The Bertz CT molecular complexity index is 409. The van der Waals surface area contributed by atoms with Crippen LogP contribution in [0.2, 0.25) is 0 Å². The van der Waals surface area contributed by atoms with Crippen LogP contribution in [0, 0.1) is 6.92 Å². The van der Waals surface area contributed by atoms with E-state index in [4.69, 9.17) is 5.11 Å². The lowest BCUT2D eigenvalue weighted by Crippen LogP contribution is -2.43. The lowest BCUT2D eigenvalue weighted by atomic mass is 10.0. The standard InChI is InChI=1S/C11H21N3O5/c1-5(2)14-6(3)12-11(13-14)10(19)9(18)8(17)7(16)4-15/h5,7-10,15-19H,4H2,1-3H3/t7-,8-,9+,10?/m1/s1. The molecule has 4 atom stereocenters. The second-order valence-corrected chi connectivity index (χ2v) is 4.73. The van der Waals surface area contributed by atoms with Gasteiger partial charge in [0.1, 0.15) is 30.2 Å². The van der Waals surface area contributed by atoms with E-state index < -0.39 is 31.0 Å². The van der Waals surface area contributed by atoms with Gasteiger partial charge in [-0.25, -0.2) is 9.67 Å². The number of aliphatic hydroxyl groups is 5. The number of nitrogens with zero attached hydrogens (tertiary/aromatic N) is 3. The van der Waals surface area contributed by atoms with E-state index in [0.717, 1.165) is 0 Å². The number of aromatic nitrogens is 3. The molecule has 0 radical (unpaired) electrons. The molecule has 1 heterocycles. The number of aliphatic hydroxyl groups excluding tert-OH is 5. The van der Waals surface area contributed by atoms with Gasteiger partial charge in [0.25, 0.3) is 0 Å². The van der Waals surface area contributed by atoms with Crippen molar-refractivity contribution >= 4 is 0 Å². The van der Waals surface area contributed by atoms with Crippen LogP contribution in [0.25, 0.3) is 0 Å². The third kappa shape index (κ3) is 3.48. The van der Waals surface area contributed by atoms with Gasteiger partial charge >= 0.3 is 0 Å². The van der Waals surface area contributed by atoms with Gasteiger partial charge in [0, 0.05) is 6.04 Å². The highest BCUT2D eigenvalue weighted by molar-refractivity contribution is 4.99. The van der Waals surface area contributed by atoms with Crippen molar-refractivity contribution < 1.29 is 25.5 Å². The largest absolute Gasteiger partial charge is 0.394 e. The van der Waals surface area contributed by atoms with Crippen LogP contribution in [0.1, 0.15) is 37.6 Å². The van der Waals surface area contributed by atoms with Crippen LogP contribution in [-0.2, 0) is 0 Å².